The molecule has 1 aromatic carbocycles. The molecule has 86 valence electrons. The second kappa shape index (κ2) is 4.87. The standard InChI is InChI=1S/C12H15FN2S/c1-3-9-7-14-12(16-9)15-11-6-4-5-10(13)8(11)2/h4-6,9H,3,7H2,1-2H3,(H,14,15). The average Bonchev–Trinajstić information content (AvgIpc) is 2.73. The van der Waals surface area contributed by atoms with E-state index in [2.05, 4.69) is 17.2 Å². The predicted octanol–water partition coefficient (Wildman–Crippen LogP) is 3.43. The van der Waals surface area contributed by atoms with Crippen LogP contribution < -0.4 is 5.32 Å². The lowest BCUT2D eigenvalue weighted by atomic mass is 10.2. The first kappa shape index (κ1) is 11.5. The molecule has 0 aromatic heterocycles. The van der Waals surface area contributed by atoms with Gasteiger partial charge in [0, 0.05) is 16.5 Å². The summed E-state index contributed by atoms with van der Waals surface area (Å²) in [6.45, 7) is 4.79. The minimum absolute atomic E-state index is 0.180. The van der Waals surface area contributed by atoms with Gasteiger partial charge in [-0.05, 0) is 25.5 Å². The maximum atomic E-state index is 13.3. The van der Waals surface area contributed by atoms with Crippen LogP contribution in [0.25, 0.3) is 0 Å². The fourth-order valence-electron chi connectivity index (χ4n) is 1.56. The molecule has 16 heavy (non-hydrogen) atoms. The molecule has 2 nitrogen and oxygen atoms in total. The third kappa shape index (κ3) is 2.38. The van der Waals surface area contributed by atoms with Gasteiger partial charge in [0.25, 0.3) is 0 Å². The van der Waals surface area contributed by atoms with E-state index in [0.717, 1.165) is 23.8 Å². The first-order valence-corrected chi connectivity index (χ1v) is 6.32. The summed E-state index contributed by atoms with van der Waals surface area (Å²) in [6.07, 6.45) is 1.11. The van der Waals surface area contributed by atoms with Gasteiger partial charge in [0.05, 0.1) is 6.54 Å². The van der Waals surface area contributed by atoms with Crippen molar-refractivity contribution < 1.29 is 4.39 Å². The Hall–Kier alpha value is -1.03. The van der Waals surface area contributed by atoms with E-state index >= 15 is 0 Å². The van der Waals surface area contributed by atoms with E-state index in [1.54, 1.807) is 24.8 Å². The average molecular weight is 238 g/mol. The van der Waals surface area contributed by atoms with Crippen molar-refractivity contribution in [3.63, 3.8) is 0 Å². The van der Waals surface area contributed by atoms with E-state index in [9.17, 15) is 4.39 Å². The number of anilines is 1. The van der Waals surface area contributed by atoms with Gasteiger partial charge in [-0.2, -0.15) is 0 Å². The number of hydrogen-bond acceptors (Lipinski definition) is 3. The number of rotatable bonds is 2. The molecule has 1 aliphatic rings. The van der Waals surface area contributed by atoms with Crippen molar-refractivity contribution in [3.05, 3.63) is 29.6 Å². The van der Waals surface area contributed by atoms with Gasteiger partial charge in [-0.3, -0.25) is 4.99 Å². The van der Waals surface area contributed by atoms with Crippen LogP contribution in [0, 0.1) is 12.7 Å². The van der Waals surface area contributed by atoms with Gasteiger partial charge in [-0.25, -0.2) is 4.39 Å². The summed E-state index contributed by atoms with van der Waals surface area (Å²) < 4.78 is 13.3. The van der Waals surface area contributed by atoms with E-state index in [1.807, 2.05) is 6.07 Å². The molecule has 0 radical (unpaired) electrons. The molecule has 1 N–H and O–H groups in total. The van der Waals surface area contributed by atoms with Crippen LogP contribution >= 0.6 is 11.8 Å². The fraction of sp³-hybridized carbons (Fsp3) is 0.417. The second-order valence-electron chi connectivity index (χ2n) is 3.83. The van der Waals surface area contributed by atoms with Crippen LogP contribution in [0.3, 0.4) is 0 Å². The van der Waals surface area contributed by atoms with Crippen molar-refractivity contribution >= 4 is 22.6 Å². The summed E-state index contributed by atoms with van der Waals surface area (Å²) in [5.41, 5.74) is 1.45. The normalized spacial score (nSPS) is 19.7. The topological polar surface area (TPSA) is 24.4 Å². The molecule has 0 aliphatic carbocycles. The number of halogens is 1. The first-order valence-electron chi connectivity index (χ1n) is 5.44. The Balaban J connectivity index is 2.08. The summed E-state index contributed by atoms with van der Waals surface area (Å²) in [7, 11) is 0. The zero-order valence-corrected chi connectivity index (χ0v) is 10.3. The molecule has 0 amide bonds. The highest BCUT2D eigenvalue weighted by Crippen LogP contribution is 2.26. The first-order chi connectivity index (χ1) is 7.70. The molecule has 2 rings (SSSR count). The van der Waals surface area contributed by atoms with Crippen LogP contribution in [0.2, 0.25) is 0 Å². The maximum absolute atomic E-state index is 13.3. The highest BCUT2D eigenvalue weighted by molar-refractivity contribution is 8.15. The SMILES string of the molecule is CCC1CN=C(Nc2cccc(F)c2C)S1. The Labute approximate surface area is 99.3 Å². The summed E-state index contributed by atoms with van der Waals surface area (Å²) in [5.74, 6) is -0.180. The lowest BCUT2D eigenvalue weighted by molar-refractivity contribution is 0.619. The Bertz CT molecular complexity index is 417. The Kier molecular flexibility index (Phi) is 3.49. The van der Waals surface area contributed by atoms with Gasteiger partial charge in [0.2, 0.25) is 0 Å². The Morgan fingerprint density at radius 3 is 3.06 bits per heavy atom. The number of thioether (sulfide) groups is 1. The van der Waals surface area contributed by atoms with E-state index in [0.29, 0.717) is 10.8 Å². The maximum Gasteiger partial charge on any atom is 0.161 e. The number of hydrogen-bond donors (Lipinski definition) is 1. The monoisotopic (exact) mass is 238 g/mol. The van der Waals surface area contributed by atoms with Crippen molar-refractivity contribution in [1.82, 2.24) is 0 Å². The molecule has 0 spiro atoms. The van der Waals surface area contributed by atoms with Crippen molar-refractivity contribution in [2.45, 2.75) is 25.5 Å². The molecule has 1 aromatic rings. The van der Waals surface area contributed by atoms with Crippen LogP contribution in [0.4, 0.5) is 10.1 Å². The van der Waals surface area contributed by atoms with Crippen LogP contribution in [-0.2, 0) is 0 Å². The Morgan fingerprint density at radius 1 is 1.56 bits per heavy atom. The van der Waals surface area contributed by atoms with Crippen molar-refractivity contribution in [3.8, 4) is 0 Å². The van der Waals surface area contributed by atoms with Crippen LogP contribution in [0.5, 0.6) is 0 Å². The zero-order valence-electron chi connectivity index (χ0n) is 9.46. The molecule has 0 bridgehead atoms. The molecule has 0 saturated carbocycles. The van der Waals surface area contributed by atoms with E-state index in [4.69, 9.17) is 0 Å². The predicted molar refractivity (Wildman–Crippen MR) is 68.7 cm³/mol. The number of aliphatic imine (C=N–C) groups is 1. The van der Waals surface area contributed by atoms with Gasteiger partial charge >= 0.3 is 0 Å². The zero-order chi connectivity index (χ0) is 11.5. The van der Waals surface area contributed by atoms with Gasteiger partial charge in [-0.15, -0.1) is 0 Å². The fourth-order valence-corrected chi connectivity index (χ4v) is 2.51. The van der Waals surface area contributed by atoms with E-state index < -0.39 is 0 Å². The molecule has 1 aliphatic heterocycles. The summed E-state index contributed by atoms with van der Waals surface area (Å²) in [6, 6.07) is 5.06. The third-order valence-corrected chi connectivity index (χ3v) is 3.95. The van der Waals surface area contributed by atoms with Gasteiger partial charge < -0.3 is 5.32 Å². The van der Waals surface area contributed by atoms with Gasteiger partial charge in [-0.1, -0.05) is 24.8 Å². The number of nitrogens with one attached hydrogen (secondary N) is 1. The van der Waals surface area contributed by atoms with E-state index in [-0.39, 0.29) is 5.82 Å². The molecule has 4 heteroatoms. The van der Waals surface area contributed by atoms with E-state index in [1.165, 1.54) is 6.07 Å². The molecule has 1 heterocycles. The lowest BCUT2D eigenvalue weighted by Crippen LogP contribution is -2.08. The lowest BCUT2D eigenvalue weighted by Gasteiger charge is -2.10. The molecular formula is C12H15FN2S. The quantitative estimate of drug-likeness (QED) is 0.853. The highest BCUT2D eigenvalue weighted by atomic mass is 32.2. The minimum Gasteiger partial charge on any atom is -0.335 e. The van der Waals surface area contributed by atoms with Crippen LogP contribution in [0.15, 0.2) is 23.2 Å². The second-order valence-corrected chi connectivity index (χ2v) is 5.12. The van der Waals surface area contributed by atoms with Crippen LogP contribution in [0.1, 0.15) is 18.9 Å². The van der Waals surface area contributed by atoms with Crippen LogP contribution in [-0.4, -0.2) is 17.0 Å². The largest absolute Gasteiger partial charge is 0.335 e. The third-order valence-electron chi connectivity index (χ3n) is 2.68. The summed E-state index contributed by atoms with van der Waals surface area (Å²) in [5, 5.41) is 4.66. The van der Waals surface area contributed by atoms with Crippen molar-refractivity contribution in [1.29, 1.82) is 0 Å². The summed E-state index contributed by atoms with van der Waals surface area (Å²) in [4.78, 5) is 4.40. The van der Waals surface area contributed by atoms with Gasteiger partial charge in [0.1, 0.15) is 5.82 Å². The molecule has 0 saturated heterocycles. The van der Waals surface area contributed by atoms with Gasteiger partial charge in [0.15, 0.2) is 5.17 Å². The van der Waals surface area contributed by atoms with Crippen molar-refractivity contribution in [2.24, 2.45) is 4.99 Å². The Morgan fingerprint density at radius 2 is 2.38 bits per heavy atom. The number of nitrogens with zero attached hydrogens (tertiary/aromatic N) is 1. The summed E-state index contributed by atoms with van der Waals surface area (Å²) >= 11 is 1.74. The molecule has 1 unspecified atom stereocenters. The molecule has 0 fully saturated rings. The number of benzene rings is 1. The molecular weight excluding hydrogens is 223 g/mol. The van der Waals surface area contributed by atoms with Crippen molar-refractivity contribution in [2.75, 3.05) is 11.9 Å². The molecule has 1 atom stereocenters. The minimum atomic E-state index is -0.180. The highest BCUT2D eigenvalue weighted by Gasteiger charge is 2.18. The number of amidine groups is 1. The smallest absolute Gasteiger partial charge is 0.161 e.